The van der Waals surface area contributed by atoms with Crippen molar-refractivity contribution in [2.24, 2.45) is 0 Å². The number of hydrogen-bond acceptors (Lipinski definition) is 6. The highest BCUT2D eigenvalue weighted by Crippen LogP contribution is 2.28. The molecule has 0 aliphatic carbocycles. The molecule has 2 aromatic carbocycles. The van der Waals surface area contributed by atoms with Crippen LogP contribution in [0.15, 0.2) is 48.5 Å². The molecule has 0 amide bonds. The second-order valence-corrected chi connectivity index (χ2v) is 8.56. The van der Waals surface area contributed by atoms with Gasteiger partial charge in [0, 0.05) is 52.0 Å². The normalized spacial score (nSPS) is 14.0. The van der Waals surface area contributed by atoms with E-state index in [1.165, 1.54) is 11.1 Å². The summed E-state index contributed by atoms with van der Waals surface area (Å²) >= 11 is 6.39. The third-order valence-electron chi connectivity index (χ3n) is 5.69. The first kappa shape index (κ1) is 21.2. The lowest BCUT2D eigenvalue weighted by Crippen LogP contribution is -2.47. The highest BCUT2D eigenvalue weighted by atomic mass is 35.5. The molecule has 0 spiro atoms. The Balaban J connectivity index is 1.54. The maximum atomic E-state index is 6.39. The van der Waals surface area contributed by atoms with Crippen molar-refractivity contribution < 1.29 is 0 Å². The number of aryl methyl sites for hydroxylation is 2. The summed E-state index contributed by atoms with van der Waals surface area (Å²) in [6, 6.07) is 16.4. The summed E-state index contributed by atoms with van der Waals surface area (Å²) in [6.45, 7) is 7.67. The van der Waals surface area contributed by atoms with Crippen LogP contribution in [0, 0.1) is 13.8 Å². The predicted octanol–water partition coefficient (Wildman–Crippen LogP) is 4.88. The van der Waals surface area contributed by atoms with Crippen molar-refractivity contribution in [2.45, 2.75) is 13.8 Å². The Morgan fingerprint density at radius 3 is 2.26 bits per heavy atom. The van der Waals surface area contributed by atoms with Crippen molar-refractivity contribution in [3.8, 4) is 0 Å². The van der Waals surface area contributed by atoms with E-state index in [1.807, 2.05) is 43.3 Å². The van der Waals surface area contributed by atoms with Gasteiger partial charge in [0.15, 0.2) is 0 Å². The molecule has 7 heteroatoms. The minimum atomic E-state index is 0.747. The van der Waals surface area contributed by atoms with Gasteiger partial charge in [-0.3, -0.25) is 0 Å². The van der Waals surface area contributed by atoms with Gasteiger partial charge in [-0.1, -0.05) is 29.8 Å². The zero-order valence-corrected chi connectivity index (χ0v) is 19.3. The smallest absolute Gasteiger partial charge is 0.229 e. The van der Waals surface area contributed by atoms with Gasteiger partial charge in [-0.05, 0) is 49.2 Å². The standard InChI is InChI=1S/C24H29ClN6/c1-17-9-10-19(15-18(17)2)26-22-16-23(29(3)4)28-24(27-22)31-13-11-30(12-14-31)21-8-6-5-7-20(21)25/h5-10,15-16H,11-14H2,1-4H3,(H,26,27,28). The third kappa shape index (κ3) is 4.85. The zero-order chi connectivity index (χ0) is 22.0. The Labute approximate surface area is 189 Å². The molecule has 1 N–H and O–H groups in total. The molecule has 0 radical (unpaired) electrons. The molecular formula is C24H29ClN6. The van der Waals surface area contributed by atoms with Gasteiger partial charge >= 0.3 is 0 Å². The van der Waals surface area contributed by atoms with E-state index < -0.39 is 0 Å². The van der Waals surface area contributed by atoms with Crippen molar-refractivity contribution >= 4 is 40.6 Å². The second kappa shape index (κ2) is 9.02. The molecule has 0 atom stereocenters. The second-order valence-electron chi connectivity index (χ2n) is 8.16. The van der Waals surface area contributed by atoms with Gasteiger partial charge in [0.1, 0.15) is 11.6 Å². The number of hydrogen-bond donors (Lipinski definition) is 1. The summed E-state index contributed by atoms with van der Waals surface area (Å²) in [5, 5.41) is 4.25. The molecule has 6 nitrogen and oxygen atoms in total. The van der Waals surface area contributed by atoms with Crippen LogP contribution < -0.4 is 20.0 Å². The summed E-state index contributed by atoms with van der Waals surface area (Å²) in [6.07, 6.45) is 0. The number of para-hydroxylation sites is 1. The summed E-state index contributed by atoms with van der Waals surface area (Å²) in [5.41, 5.74) is 4.65. The van der Waals surface area contributed by atoms with Gasteiger partial charge in [0.25, 0.3) is 0 Å². The van der Waals surface area contributed by atoms with E-state index in [-0.39, 0.29) is 0 Å². The third-order valence-corrected chi connectivity index (χ3v) is 6.01. The van der Waals surface area contributed by atoms with Crippen LogP contribution in [0.3, 0.4) is 0 Å². The average molecular weight is 437 g/mol. The van der Waals surface area contributed by atoms with Gasteiger partial charge in [0.05, 0.1) is 10.7 Å². The molecule has 0 unspecified atom stereocenters. The molecule has 162 valence electrons. The van der Waals surface area contributed by atoms with Crippen molar-refractivity contribution in [3.63, 3.8) is 0 Å². The van der Waals surface area contributed by atoms with Crippen molar-refractivity contribution in [2.75, 3.05) is 60.3 Å². The SMILES string of the molecule is Cc1ccc(Nc2cc(N(C)C)nc(N3CCN(c4ccccc4Cl)CC3)n2)cc1C. The number of nitrogens with one attached hydrogen (secondary N) is 1. The molecule has 1 aliphatic heterocycles. The average Bonchev–Trinajstić information content (AvgIpc) is 2.76. The maximum absolute atomic E-state index is 6.39. The molecular weight excluding hydrogens is 408 g/mol. The summed E-state index contributed by atoms with van der Waals surface area (Å²) < 4.78 is 0. The van der Waals surface area contributed by atoms with E-state index >= 15 is 0 Å². The first-order chi connectivity index (χ1) is 14.9. The Morgan fingerprint density at radius 2 is 1.58 bits per heavy atom. The first-order valence-electron chi connectivity index (χ1n) is 10.6. The largest absolute Gasteiger partial charge is 0.367 e. The monoisotopic (exact) mass is 436 g/mol. The Morgan fingerprint density at radius 1 is 0.871 bits per heavy atom. The van der Waals surface area contributed by atoms with Gasteiger partial charge < -0.3 is 20.0 Å². The predicted molar refractivity (Wildman–Crippen MR) is 131 cm³/mol. The fourth-order valence-corrected chi connectivity index (χ4v) is 3.93. The van der Waals surface area contributed by atoms with Crippen molar-refractivity contribution in [1.82, 2.24) is 9.97 Å². The summed E-state index contributed by atoms with van der Waals surface area (Å²) in [4.78, 5) is 16.2. The van der Waals surface area contributed by atoms with E-state index in [0.717, 1.165) is 60.2 Å². The Bertz CT molecular complexity index is 1060. The highest BCUT2D eigenvalue weighted by Gasteiger charge is 2.22. The van der Waals surface area contributed by atoms with E-state index in [9.17, 15) is 0 Å². The van der Waals surface area contributed by atoms with Crippen molar-refractivity contribution in [3.05, 3.63) is 64.7 Å². The molecule has 1 saturated heterocycles. The molecule has 4 rings (SSSR count). The number of piperazine rings is 1. The topological polar surface area (TPSA) is 47.5 Å². The zero-order valence-electron chi connectivity index (χ0n) is 18.6. The molecule has 1 aromatic heterocycles. The number of rotatable bonds is 5. The van der Waals surface area contributed by atoms with Gasteiger partial charge in [-0.2, -0.15) is 9.97 Å². The molecule has 0 bridgehead atoms. The fourth-order valence-electron chi connectivity index (χ4n) is 3.68. The highest BCUT2D eigenvalue weighted by molar-refractivity contribution is 6.33. The quantitative estimate of drug-likeness (QED) is 0.614. The van der Waals surface area contributed by atoms with E-state index in [4.69, 9.17) is 21.6 Å². The Kier molecular flexibility index (Phi) is 6.18. The number of halogens is 1. The number of benzene rings is 2. The van der Waals surface area contributed by atoms with Crippen LogP contribution in [0.1, 0.15) is 11.1 Å². The summed E-state index contributed by atoms with van der Waals surface area (Å²) in [5.74, 6) is 2.42. The molecule has 31 heavy (non-hydrogen) atoms. The molecule has 2 heterocycles. The number of aromatic nitrogens is 2. The minimum Gasteiger partial charge on any atom is -0.367 e. The maximum Gasteiger partial charge on any atom is 0.229 e. The molecule has 1 fully saturated rings. The lowest BCUT2D eigenvalue weighted by atomic mass is 10.1. The number of anilines is 5. The van der Waals surface area contributed by atoms with Crippen LogP contribution in [0.5, 0.6) is 0 Å². The minimum absolute atomic E-state index is 0.747. The first-order valence-corrected chi connectivity index (χ1v) is 10.9. The van der Waals surface area contributed by atoms with Gasteiger partial charge in [-0.15, -0.1) is 0 Å². The van der Waals surface area contributed by atoms with Gasteiger partial charge in [0.2, 0.25) is 5.95 Å². The van der Waals surface area contributed by atoms with Crippen LogP contribution in [0.2, 0.25) is 5.02 Å². The van der Waals surface area contributed by atoms with Crippen LogP contribution >= 0.6 is 11.6 Å². The van der Waals surface area contributed by atoms with Crippen LogP contribution in [-0.4, -0.2) is 50.2 Å². The van der Waals surface area contributed by atoms with Gasteiger partial charge in [-0.25, -0.2) is 0 Å². The lowest BCUT2D eigenvalue weighted by Gasteiger charge is -2.36. The molecule has 1 aliphatic rings. The van der Waals surface area contributed by atoms with Crippen LogP contribution in [0.25, 0.3) is 0 Å². The van der Waals surface area contributed by atoms with E-state index in [0.29, 0.717) is 0 Å². The van der Waals surface area contributed by atoms with E-state index in [1.54, 1.807) is 0 Å². The summed E-state index contributed by atoms with van der Waals surface area (Å²) in [7, 11) is 4.00. The molecule has 0 saturated carbocycles. The van der Waals surface area contributed by atoms with Crippen LogP contribution in [-0.2, 0) is 0 Å². The fraction of sp³-hybridized carbons (Fsp3) is 0.333. The number of nitrogens with zero attached hydrogens (tertiary/aromatic N) is 5. The van der Waals surface area contributed by atoms with E-state index in [2.05, 4.69) is 53.2 Å². The van der Waals surface area contributed by atoms with Crippen LogP contribution in [0.4, 0.5) is 29.0 Å². The van der Waals surface area contributed by atoms with Crippen molar-refractivity contribution in [1.29, 1.82) is 0 Å². The Hall–Kier alpha value is -2.99. The molecule has 3 aromatic rings. The lowest BCUT2D eigenvalue weighted by molar-refractivity contribution is 0.640.